The molecule has 2 aromatic heterocycles. The maximum Gasteiger partial charge on any atom is 0.255 e. The van der Waals surface area contributed by atoms with Gasteiger partial charge < -0.3 is 15.0 Å². The highest BCUT2D eigenvalue weighted by atomic mass is 16.5. The smallest absolute Gasteiger partial charge is 0.255 e. The third kappa shape index (κ3) is 3.26. The lowest BCUT2D eigenvalue weighted by atomic mass is 9.78. The lowest BCUT2D eigenvalue weighted by Crippen LogP contribution is -2.66. The molecule has 0 aromatic carbocycles. The molecule has 0 radical (unpaired) electrons. The van der Waals surface area contributed by atoms with Crippen LogP contribution in [0.5, 0.6) is 0 Å². The monoisotopic (exact) mass is 353 g/mol. The fourth-order valence-corrected chi connectivity index (χ4v) is 3.80. The molecule has 1 N–H and O–H groups in total. The molecule has 0 bridgehead atoms. The molecule has 2 fully saturated rings. The molecular weight excluding hydrogens is 330 g/mol. The molecule has 2 aliphatic heterocycles. The van der Waals surface area contributed by atoms with Gasteiger partial charge in [0, 0.05) is 37.9 Å². The molecular formula is C19H23N5O2. The first kappa shape index (κ1) is 16.9. The number of hydrogen-bond donors (Lipinski definition) is 1. The Morgan fingerprint density at radius 1 is 1.35 bits per heavy atom. The second kappa shape index (κ2) is 6.99. The minimum Gasteiger partial charge on any atom is -0.371 e. The molecule has 2 saturated heterocycles. The van der Waals surface area contributed by atoms with Gasteiger partial charge in [0.15, 0.2) is 0 Å². The Morgan fingerprint density at radius 2 is 2.15 bits per heavy atom. The van der Waals surface area contributed by atoms with Crippen molar-refractivity contribution in [3.05, 3.63) is 48.0 Å². The lowest BCUT2D eigenvalue weighted by Gasteiger charge is -2.50. The number of carbonyl (C=O) groups is 1. The third-order valence-electron chi connectivity index (χ3n) is 5.27. The first-order valence-corrected chi connectivity index (χ1v) is 9.02. The van der Waals surface area contributed by atoms with Gasteiger partial charge in [-0.15, -0.1) is 0 Å². The van der Waals surface area contributed by atoms with E-state index < -0.39 is 0 Å². The van der Waals surface area contributed by atoms with Crippen molar-refractivity contribution < 1.29 is 9.53 Å². The summed E-state index contributed by atoms with van der Waals surface area (Å²) in [6, 6.07) is 3.59. The average Bonchev–Trinajstić information content (AvgIpc) is 3.06. The van der Waals surface area contributed by atoms with Gasteiger partial charge in [0.25, 0.3) is 5.91 Å². The zero-order chi connectivity index (χ0) is 18.0. The molecule has 7 heteroatoms. The molecule has 1 atom stereocenters. The minimum atomic E-state index is -0.187. The second-order valence-corrected chi connectivity index (χ2v) is 7.10. The van der Waals surface area contributed by atoms with Crippen LogP contribution < -0.4 is 5.32 Å². The number of ether oxygens (including phenoxy) is 1. The van der Waals surface area contributed by atoms with E-state index in [4.69, 9.17) is 4.74 Å². The maximum atomic E-state index is 12.5. The number of likely N-dealkylation sites (tertiary alicyclic amines) is 1. The minimum absolute atomic E-state index is 0.0316. The quantitative estimate of drug-likeness (QED) is 0.884. The van der Waals surface area contributed by atoms with Crippen LogP contribution in [0.1, 0.15) is 28.8 Å². The van der Waals surface area contributed by atoms with Crippen LogP contribution in [0.3, 0.4) is 0 Å². The predicted octanol–water partition coefficient (Wildman–Crippen LogP) is 1.91. The van der Waals surface area contributed by atoms with E-state index in [2.05, 4.69) is 20.3 Å². The maximum absolute atomic E-state index is 12.5. The zero-order valence-corrected chi connectivity index (χ0v) is 14.9. The van der Waals surface area contributed by atoms with Crippen molar-refractivity contribution in [1.82, 2.24) is 19.9 Å². The van der Waals surface area contributed by atoms with E-state index >= 15 is 0 Å². The number of rotatable bonds is 5. The largest absolute Gasteiger partial charge is 0.371 e. The molecule has 2 aliphatic rings. The summed E-state index contributed by atoms with van der Waals surface area (Å²) in [4.78, 5) is 26.9. The Balaban J connectivity index is 1.30. The molecule has 136 valence electrons. The average molecular weight is 353 g/mol. The topological polar surface area (TPSA) is 80.2 Å². The molecule has 0 saturated carbocycles. The Kier molecular flexibility index (Phi) is 4.55. The summed E-state index contributed by atoms with van der Waals surface area (Å²) in [6.45, 7) is 4.85. The van der Waals surface area contributed by atoms with Crippen molar-refractivity contribution in [2.75, 3.05) is 31.6 Å². The summed E-state index contributed by atoms with van der Waals surface area (Å²) in [6.07, 6.45) is 8.92. The Hall–Kier alpha value is -2.54. The van der Waals surface area contributed by atoms with Crippen LogP contribution in [0.2, 0.25) is 0 Å². The Labute approximate surface area is 152 Å². The summed E-state index contributed by atoms with van der Waals surface area (Å²) in [5, 5.41) is 3.28. The van der Waals surface area contributed by atoms with Crippen molar-refractivity contribution in [3.63, 3.8) is 0 Å². The van der Waals surface area contributed by atoms with Crippen molar-refractivity contribution in [2.24, 2.45) is 5.92 Å². The summed E-state index contributed by atoms with van der Waals surface area (Å²) >= 11 is 0. The number of nitrogens with one attached hydrogen (secondary N) is 1. The van der Waals surface area contributed by atoms with Crippen molar-refractivity contribution in [3.8, 4) is 0 Å². The number of nitrogens with zero attached hydrogens (tertiary/aromatic N) is 4. The number of anilines is 1. The van der Waals surface area contributed by atoms with E-state index in [1.165, 1.54) is 0 Å². The van der Waals surface area contributed by atoms with Crippen LogP contribution in [-0.2, 0) is 4.74 Å². The molecule has 4 rings (SSSR count). The van der Waals surface area contributed by atoms with Gasteiger partial charge in [-0.1, -0.05) is 0 Å². The summed E-state index contributed by atoms with van der Waals surface area (Å²) in [5.41, 5.74) is 1.50. The zero-order valence-electron chi connectivity index (χ0n) is 14.9. The molecule has 2 aromatic rings. The molecule has 0 unspecified atom stereocenters. The Bertz CT molecular complexity index is 759. The number of carbonyl (C=O) groups excluding carboxylic acids is 1. The van der Waals surface area contributed by atoms with Crippen molar-refractivity contribution >= 4 is 11.9 Å². The number of hydrogen-bond acceptors (Lipinski definition) is 6. The highest BCUT2D eigenvalue weighted by Crippen LogP contribution is 2.42. The van der Waals surface area contributed by atoms with Gasteiger partial charge in [-0.05, 0) is 43.4 Å². The van der Waals surface area contributed by atoms with E-state index in [0.717, 1.165) is 31.6 Å². The Morgan fingerprint density at radius 3 is 2.88 bits per heavy atom. The van der Waals surface area contributed by atoms with Gasteiger partial charge in [-0.25, -0.2) is 9.97 Å². The first-order chi connectivity index (χ1) is 12.7. The summed E-state index contributed by atoms with van der Waals surface area (Å²) in [5.74, 6) is 1.13. The van der Waals surface area contributed by atoms with Crippen molar-refractivity contribution in [2.45, 2.75) is 25.4 Å². The summed E-state index contributed by atoms with van der Waals surface area (Å²) < 4.78 is 6.06. The van der Waals surface area contributed by atoms with Crippen LogP contribution in [0, 0.1) is 12.8 Å². The SMILES string of the molecule is Cc1cnc(NCC[C@H]2CCOC23CN(C(=O)c2cccnc2)C3)nc1. The van der Waals surface area contributed by atoms with Gasteiger partial charge in [-0.2, -0.15) is 0 Å². The van der Waals surface area contributed by atoms with Crippen LogP contribution in [0.4, 0.5) is 5.95 Å². The predicted molar refractivity (Wildman–Crippen MR) is 96.8 cm³/mol. The standard InChI is InChI=1S/C19H23N5O2/c1-14-9-22-18(23-10-14)21-7-4-16-5-8-26-19(16)12-24(13-19)17(25)15-3-2-6-20-11-15/h2-3,6,9-11,16H,4-5,7-8,12-13H2,1H3,(H,21,22,23)/t16-/m0/s1. The van der Waals surface area contributed by atoms with Crippen molar-refractivity contribution in [1.29, 1.82) is 0 Å². The van der Waals surface area contributed by atoms with Gasteiger partial charge in [0.1, 0.15) is 5.60 Å². The van der Waals surface area contributed by atoms with E-state index in [9.17, 15) is 4.79 Å². The van der Waals surface area contributed by atoms with E-state index in [0.29, 0.717) is 30.5 Å². The molecule has 7 nitrogen and oxygen atoms in total. The first-order valence-electron chi connectivity index (χ1n) is 9.02. The number of aryl methyl sites for hydroxylation is 1. The lowest BCUT2D eigenvalue weighted by molar-refractivity contribution is -0.117. The fraction of sp³-hybridized carbons (Fsp3) is 0.474. The van der Waals surface area contributed by atoms with Crippen LogP contribution >= 0.6 is 0 Å². The van der Waals surface area contributed by atoms with E-state index in [1.807, 2.05) is 24.2 Å². The highest BCUT2D eigenvalue weighted by molar-refractivity contribution is 5.94. The molecule has 1 amide bonds. The van der Waals surface area contributed by atoms with Crippen LogP contribution in [0.25, 0.3) is 0 Å². The highest BCUT2D eigenvalue weighted by Gasteiger charge is 2.54. The summed E-state index contributed by atoms with van der Waals surface area (Å²) in [7, 11) is 0. The van der Waals surface area contributed by atoms with Crippen LogP contribution in [-0.4, -0.2) is 57.6 Å². The number of aromatic nitrogens is 3. The fourth-order valence-electron chi connectivity index (χ4n) is 3.80. The molecule has 26 heavy (non-hydrogen) atoms. The van der Waals surface area contributed by atoms with Gasteiger partial charge in [-0.3, -0.25) is 9.78 Å². The number of pyridine rings is 1. The van der Waals surface area contributed by atoms with Gasteiger partial charge in [0.05, 0.1) is 18.7 Å². The number of amides is 1. The van der Waals surface area contributed by atoms with Gasteiger partial charge in [0.2, 0.25) is 5.95 Å². The normalized spacial score (nSPS) is 20.8. The second-order valence-electron chi connectivity index (χ2n) is 7.10. The van der Waals surface area contributed by atoms with Crippen LogP contribution in [0.15, 0.2) is 36.9 Å². The van der Waals surface area contributed by atoms with E-state index in [-0.39, 0.29) is 11.5 Å². The third-order valence-corrected chi connectivity index (χ3v) is 5.27. The van der Waals surface area contributed by atoms with Gasteiger partial charge >= 0.3 is 0 Å². The molecule has 4 heterocycles. The van der Waals surface area contributed by atoms with E-state index in [1.54, 1.807) is 24.5 Å². The molecule has 0 aliphatic carbocycles. The molecule has 1 spiro atoms.